The average Bonchev–Trinajstić information content (AvgIpc) is 2.76. The molecule has 0 atom stereocenters. The van der Waals surface area contributed by atoms with Crippen molar-refractivity contribution in [2.45, 2.75) is 20.3 Å². The molecule has 3 heteroatoms. The number of aromatic nitrogens is 2. The fourth-order valence-corrected chi connectivity index (χ4v) is 2.86. The van der Waals surface area contributed by atoms with Gasteiger partial charge in [-0.3, -0.25) is 9.48 Å². The number of para-hydroxylation sites is 1. The van der Waals surface area contributed by atoms with Gasteiger partial charge in [0.2, 0.25) is 0 Å². The Balaban J connectivity index is 1.97. The molecular weight excluding hydrogens is 260 g/mol. The first-order valence-electron chi connectivity index (χ1n) is 7.07. The van der Waals surface area contributed by atoms with E-state index in [1.807, 2.05) is 31.3 Å². The summed E-state index contributed by atoms with van der Waals surface area (Å²) in [5.74, 6) is 0.0665. The molecule has 3 rings (SSSR count). The third kappa shape index (κ3) is 2.59. The van der Waals surface area contributed by atoms with Gasteiger partial charge in [-0.05, 0) is 25.5 Å². The molecule has 0 amide bonds. The number of carbonyl (C=O) groups excluding carboxylic acids is 1. The van der Waals surface area contributed by atoms with Crippen molar-refractivity contribution in [2.24, 2.45) is 7.05 Å². The Hall–Kier alpha value is -2.42. The van der Waals surface area contributed by atoms with Gasteiger partial charge in [0.25, 0.3) is 0 Å². The number of benzene rings is 2. The van der Waals surface area contributed by atoms with Crippen molar-refractivity contribution in [1.82, 2.24) is 9.78 Å². The molecule has 0 bridgehead atoms. The lowest BCUT2D eigenvalue weighted by atomic mass is 10.0. The smallest absolute Gasteiger partial charge is 0.188 e. The molecule has 106 valence electrons. The Morgan fingerprint density at radius 2 is 1.76 bits per heavy atom. The molecule has 0 spiro atoms. The maximum atomic E-state index is 12.6. The zero-order chi connectivity index (χ0) is 15.0. The van der Waals surface area contributed by atoms with Crippen LogP contribution in [0.4, 0.5) is 0 Å². The number of rotatable bonds is 3. The normalized spacial score (nSPS) is 11.0. The van der Waals surface area contributed by atoms with Crippen LogP contribution in [0.25, 0.3) is 10.9 Å². The van der Waals surface area contributed by atoms with Crippen LogP contribution >= 0.6 is 0 Å². The zero-order valence-electron chi connectivity index (χ0n) is 12.6. The van der Waals surface area contributed by atoms with Crippen LogP contribution in [0.15, 0.2) is 42.5 Å². The molecule has 0 aliphatic heterocycles. The van der Waals surface area contributed by atoms with Gasteiger partial charge in [0, 0.05) is 18.9 Å². The number of aryl methyl sites for hydroxylation is 3. The summed E-state index contributed by atoms with van der Waals surface area (Å²) in [6.45, 7) is 4.11. The fraction of sp³-hybridized carbons (Fsp3) is 0.222. The van der Waals surface area contributed by atoms with E-state index in [1.54, 1.807) is 4.68 Å². The van der Waals surface area contributed by atoms with Crippen LogP contribution in [0, 0.1) is 13.8 Å². The summed E-state index contributed by atoms with van der Waals surface area (Å²) < 4.78 is 1.77. The molecule has 0 fully saturated rings. The largest absolute Gasteiger partial charge is 0.292 e. The first-order chi connectivity index (χ1) is 10.0. The fourth-order valence-electron chi connectivity index (χ4n) is 2.86. The summed E-state index contributed by atoms with van der Waals surface area (Å²) in [4.78, 5) is 12.6. The second-order valence-electron chi connectivity index (χ2n) is 5.59. The minimum atomic E-state index is 0.0665. The van der Waals surface area contributed by atoms with Crippen LogP contribution in [-0.4, -0.2) is 15.6 Å². The van der Waals surface area contributed by atoms with E-state index in [0.29, 0.717) is 12.1 Å². The molecule has 21 heavy (non-hydrogen) atoms. The van der Waals surface area contributed by atoms with Gasteiger partial charge >= 0.3 is 0 Å². The van der Waals surface area contributed by atoms with Gasteiger partial charge in [0.1, 0.15) is 5.69 Å². The molecule has 0 saturated carbocycles. The molecule has 1 aromatic heterocycles. The topological polar surface area (TPSA) is 34.9 Å². The van der Waals surface area contributed by atoms with E-state index >= 15 is 0 Å². The molecule has 0 radical (unpaired) electrons. The van der Waals surface area contributed by atoms with Crippen molar-refractivity contribution in [2.75, 3.05) is 0 Å². The highest BCUT2D eigenvalue weighted by Crippen LogP contribution is 2.19. The lowest BCUT2D eigenvalue weighted by Crippen LogP contribution is -2.06. The molecule has 2 aromatic carbocycles. The number of ketones is 1. The second-order valence-corrected chi connectivity index (χ2v) is 5.59. The van der Waals surface area contributed by atoms with Gasteiger partial charge in [0.15, 0.2) is 5.78 Å². The Bertz CT molecular complexity index is 810. The quantitative estimate of drug-likeness (QED) is 0.686. The second kappa shape index (κ2) is 5.17. The highest BCUT2D eigenvalue weighted by atomic mass is 16.1. The van der Waals surface area contributed by atoms with Gasteiger partial charge in [-0.15, -0.1) is 0 Å². The third-order valence-electron chi connectivity index (χ3n) is 3.67. The molecule has 0 aliphatic rings. The highest BCUT2D eigenvalue weighted by molar-refractivity contribution is 6.06. The van der Waals surface area contributed by atoms with Gasteiger partial charge in [-0.25, -0.2) is 0 Å². The van der Waals surface area contributed by atoms with E-state index in [0.717, 1.165) is 16.5 Å². The van der Waals surface area contributed by atoms with E-state index < -0.39 is 0 Å². The van der Waals surface area contributed by atoms with Crippen molar-refractivity contribution >= 4 is 16.7 Å². The first-order valence-corrected chi connectivity index (χ1v) is 7.07. The van der Waals surface area contributed by atoms with Crippen molar-refractivity contribution in [3.8, 4) is 0 Å². The molecule has 3 nitrogen and oxygen atoms in total. The SMILES string of the molecule is Cc1cc(C)cc(CC(=O)c2nn(C)c3ccccc23)c1. The monoisotopic (exact) mass is 278 g/mol. The van der Waals surface area contributed by atoms with Crippen LogP contribution in [0.2, 0.25) is 0 Å². The molecular formula is C18H18N2O. The number of hydrogen-bond donors (Lipinski definition) is 0. The zero-order valence-corrected chi connectivity index (χ0v) is 12.6. The van der Waals surface area contributed by atoms with Crippen LogP contribution in [0.1, 0.15) is 27.2 Å². The Morgan fingerprint density at radius 1 is 1.10 bits per heavy atom. The summed E-state index contributed by atoms with van der Waals surface area (Å²) in [7, 11) is 1.87. The van der Waals surface area contributed by atoms with Gasteiger partial charge in [0.05, 0.1) is 5.52 Å². The van der Waals surface area contributed by atoms with Crippen molar-refractivity contribution in [1.29, 1.82) is 0 Å². The average molecular weight is 278 g/mol. The number of Topliss-reactive ketones (excluding diaryl/α,β-unsaturated/α-hetero) is 1. The predicted octanol–water partition coefficient (Wildman–Crippen LogP) is 3.62. The van der Waals surface area contributed by atoms with E-state index in [-0.39, 0.29) is 5.78 Å². The molecule has 0 N–H and O–H groups in total. The number of carbonyl (C=O) groups is 1. The van der Waals surface area contributed by atoms with E-state index in [2.05, 4.69) is 37.1 Å². The lowest BCUT2D eigenvalue weighted by Gasteiger charge is -2.03. The standard InChI is InChI=1S/C18H18N2O/c1-12-8-13(2)10-14(9-12)11-17(21)18-15-6-4-5-7-16(15)20(3)19-18/h4-10H,11H2,1-3H3. The van der Waals surface area contributed by atoms with Gasteiger partial charge in [-0.2, -0.15) is 5.10 Å². The maximum absolute atomic E-state index is 12.6. The Labute approximate surface area is 124 Å². The maximum Gasteiger partial charge on any atom is 0.188 e. The van der Waals surface area contributed by atoms with Crippen molar-refractivity contribution < 1.29 is 4.79 Å². The van der Waals surface area contributed by atoms with Crippen molar-refractivity contribution in [3.63, 3.8) is 0 Å². The van der Waals surface area contributed by atoms with Crippen molar-refractivity contribution in [3.05, 3.63) is 64.8 Å². The summed E-state index contributed by atoms with van der Waals surface area (Å²) in [6, 6.07) is 14.1. The molecule has 3 aromatic rings. The summed E-state index contributed by atoms with van der Waals surface area (Å²) in [5, 5.41) is 5.32. The first kappa shape index (κ1) is 13.6. The van der Waals surface area contributed by atoms with Crippen LogP contribution in [0.5, 0.6) is 0 Å². The highest BCUT2D eigenvalue weighted by Gasteiger charge is 2.16. The van der Waals surface area contributed by atoms with E-state index in [4.69, 9.17) is 0 Å². The Kier molecular flexibility index (Phi) is 3.34. The molecule has 0 saturated heterocycles. The van der Waals surface area contributed by atoms with Gasteiger partial charge < -0.3 is 0 Å². The van der Waals surface area contributed by atoms with E-state index in [9.17, 15) is 4.79 Å². The lowest BCUT2D eigenvalue weighted by molar-refractivity contribution is 0.0989. The number of nitrogens with zero attached hydrogens (tertiary/aromatic N) is 2. The summed E-state index contributed by atoms with van der Waals surface area (Å²) >= 11 is 0. The Morgan fingerprint density at radius 3 is 2.48 bits per heavy atom. The number of hydrogen-bond acceptors (Lipinski definition) is 2. The van der Waals surface area contributed by atoms with Crippen LogP contribution < -0.4 is 0 Å². The van der Waals surface area contributed by atoms with E-state index in [1.165, 1.54) is 11.1 Å². The minimum Gasteiger partial charge on any atom is -0.292 e. The summed E-state index contributed by atoms with van der Waals surface area (Å²) in [6.07, 6.45) is 0.392. The molecule has 0 unspecified atom stereocenters. The predicted molar refractivity (Wildman–Crippen MR) is 84.7 cm³/mol. The molecule has 0 aliphatic carbocycles. The van der Waals surface area contributed by atoms with Crippen LogP contribution in [-0.2, 0) is 13.5 Å². The minimum absolute atomic E-state index is 0.0665. The number of fused-ring (bicyclic) bond motifs is 1. The third-order valence-corrected chi connectivity index (χ3v) is 3.67. The molecule has 1 heterocycles. The van der Waals surface area contributed by atoms with Gasteiger partial charge in [-0.1, -0.05) is 47.5 Å². The van der Waals surface area contributed by atoms with Crippen LogP contribution in [0.3, 0.4) is 0 Å². The summed E-state index contributed by atoms with van der Waals surface area (Å²) in [5.41, 5.74) is 4.97.